The van der Waals surface area contributed by atoms with Crippen molar-refractivity contribution < 1.29 is 23.4 Å². The Labute approximate surface area is 81.3 Å². The van der Waals surface area contributed by atoms with Crippen LogP contribution in [0.25, 0.3) is 0 Å². The van der Waals surface area contributed by atoms with Gasteiger partial charge in [0.1, 0.15) is 0 Å². The highest BCUT2D eigenvalue weighted by molar-refractivity contribution is 6.33. The van der Waals surface area contributed by atoms with E-state index < -0.39 is 24.2 Å². The lowest BCUT2D eigenvalue weighted by molar-refractivity contribution is -0.0534. The highest BCUT2D eigenvalue weighted by atomic mass is 35.5. The molecule has 0 bridgehead atoms. The van der Waals surface area contributed by atoms with Crippen LogP contribution in [0, 0.1) is 0 Å². The molecule has 1 aromatic rings. The molecule has 0 atom stereocenters. The van der Waals surface area contributed by atoms with Crippen LogP contribution >= 0.6 is 11.6 Å². The number of nitrogens with zero attached hydrogens (tertiary/aromatic N) is 2. The molecule has 76 valence electrons. The van der Waals surface area contributed by atoms with Gasteiger partial charge in [0.25, 0.3) is 0 Å². The topological polar surface area (TPSA) is 72.3 Å². The van der Waals surface area contributed by atoms with E-state index in [0.29, 0.717) is 0 Å². The first-order chi connectivity index (χ1) is 6.50. The van der Waals surface area contributed by atoms with Crippen LogP contribution in [0.15, 0.2) is 6.07 Å². The summed E-state index contributed by atoms with van der Waals surface area (Å²) < 4.78 is 27.2. The summed E-state index contributed by atoms with van der Waals surface area (Å²) in [6, 6.07) is 0.851. The second kappa shape index (κ2) is 4.14. The predicted molar refractivity (Wildman–Crippen MR) is 40.6 cm³/mol. The quantitative estimate of drug-likeness (QED) is 0.841. The molecule has 14 heavy (non-hydrogen) atoms. The first-order valence-electron chi connectivity index (χ1n) is 3.22. The minimum Gasteiger partial charge on any atom is -0.476 e. The molecule has 0 aliphatic heterocycles. The molecule has 0 aliphatic rings. The molecule has 8 heteroatoms. The molecule has 0 saturated heterocycles. The number of hydrogen-bond acceptors (Lipinski definition) is 4. The fourth-order valence-corrected chi connectivity index (χ4v) is 0.858. The van der Waals surface area contributed by atoms with Crippen LogP contribution in [-0.2, 0) is 0 Å². The van der Waals surface area contributed by atoms with Crippen LogP contribution in [0.4, 0.5) is 8.78 Å². The van der Waals surface area contributed by atoms with Crippen molar-refractivity contribution in [3.05, 3.63) is 16.8 Å². The maximum atomic E-state index is 11.7. The van der Waals surface area contributed by atoms with Crippen LogP contribution < -0.4 is 4.74 Å². The molecular weight excluding hydrogens is 222 g/mol. The van der Waals surface area contributed by atoms with Gasteiger partial charge in [-0.25, -0.2) is 4.79 Å². The molecule has 0 unspecified atom stereocenters. The SMILES string of the molecule is O=C(O)c1nnc(OC(F)F)cc1Cl. The van der Waals surface area contributed by atoms with Gasteiger partial charge in [-0.15, -0.1) is 10.2 Å². The molecule has 0 fully saturated rings. The summed E-state index contributed by atoms with van der Waals surface area (Å²) in [5, 5.41) is 14.3. The van der Waals surface area contributed by atoms with E-state index in [1.165, 1.54) is 0 Å². The van der Waals surface area contributed by atoms with Crippen molar-refractivity contribution in [1.82, 2.24) is 10.2 Å². The Balaban J connectivity index is 2.94. The van der Waals surface area contributed by atoms with E-state index in [9.17, 15) is 13.6 Å². The zero-order chi connectivity index (χ0) is 10.7. The number of aromatic carboxylic acids is 1. The Bertz CT molecular complexity index is 361. The number of rotatable bonds is 3. The van der Waals surface area contributed by atoms with Crippen LogP contribution in [0.3, 0.4) is 0 Å². The summed E-state index contributed by atoms with van der Waals surface area (Å²) in [6.45, 7) is -3.06. The first-order valence-corrected chi connectivity index (χ1v) is 3.60. The molecule has 0 saturated carbocycles. The van der Waals surface area contributed by atoms with Crippen molar-refractivity contribution in [1.29, 1.82) is 0 Å². The number of hydrogen-bond donors (Lipinski definition) is 1. The van der Waals surface area contributed by atoms with Crippen LogP contribution in [0.5, 0.6) is 5.88 Å². The van der Waals surface area contributed by atoms with E-state index >= 15 is 0 Å². The summed E-state index contributed by atoms with van der Waals surface area (Å²) in [5.74, 6) is -1.93. The van der Waals surface area contributed by atoms with E-state index in [0.717, 1.165) is 6.07 Å². The Kier molecular flexibility index (Phi) is 3.13. The largest absolute Gasteiger partial charge is 0.476 e. The Morgan fingerprint density at radius 2 is 2.21 bits per heavy atom. The van der Waals surface area contributed by atoms with E-state index in [2.05, 4.69) is 14.9 Å². The summed E-state index contributed by atoms with van der Waals surface area (Å²) in [5.41, 5.74) is -0.520. The molecule has 1 heterocycles. The van der Waals surface area contributed by atoms with Crippen LogP contribution in [0.1, 0.15) is 10.5 Å². The zero-order valence-electron chi connectivity index (χ0n) is 6.45. The summed E-state index contributed by atoms with van der Waals surface area (Å²) in [6.07, 6.45) is 0. The third kappa shape index (κ3) is 2.49. The normalized spacial score (nSPS) is 10.3. The first kappa shape index (κ1) is 10.6. The maximum absolute atomic E-state index is 11.7. The molecule has 0 spiro atoms. The smallest absolute Gasteiger partial charge is 0.388 e. The number of carbonyl (C=O) groups is 1. The maximum Gasteiger partial charge on any atom is 0.388 e. The van der Waals surface area contributed by atoms with Gasteiger partial charge in [0.05, 0.1) is 5.02 Å². The van der Waals surface area contributed by atoms with Gasteiger partial charge in [0.15, 0.2) is 5.69 Å². The second-order valence-electron chi connectivity index (χ2n) is 2.06. The molecule has 0 aromatic carbocycles. The van der Waals surface area contributed by atoms with Gasteiger partial charge >= 0.3 is 12.6 Å². The monoisotopic (exact) mass is 224 g/mol. The predicted octanol–water partition coefficient (Wildman–Crippen LogP) is 1.43. The molecule has 0 amide bonds. The minimum atomic E-state index is -3.06. The number of aromatic nitrogens is 2. The van der Waals surface area contributed by atoms with Gasteiger partial charge in [-0.3, -0.25) is 0 Å². The van der Waals surface area contributed by atoms with Crippen molar-refractivity contribution in [3.63, 3.8) is 0 Å². The molecular formula is C6H3ClF2N2O3. The summed E-state index contributed by atoms with van der Waals surface area (Å²) >= 11 is 5.40. The average molecular weight is 225 g/mol. The minimum absolute atomic E-state index is 0.317. The van der Waals surface area contributed by atoms with E-state index in [1.54, 1.807) is 0 Å². The number of carboxylic acid groups (broad SMARTS) is 1. The lowest BCUT2D eigenvalue weighted by Crippen LogP contribution is -2.08. The summed E-state index contributed by atoms with van der Waals surface area (Å²) in [7, 11) is 0. The molecule has 1 aromatic heterocycles. The van der Waals surface area contributed by atoms with Crippen molar-refractivity contribution in [2.24, 2.45) is 0 Å². The van der Waals surface area contributed by atoms with Crippen molar-refractivity contribution >= 4 is 17.6 Å². The Morgan fingerprint density at radius 1 is 1.57 bits per heavy atom. The van der Waals surface area contributed by atoms with Gasteiger partial charge < -0.3 is 9.84 Å². The zero-order valence-corrected chi connectivity index (χ0v) is 7.20. The van der Waals surface area contributed by atoms with Crippen molar-refractivity contribution in [2.45, 2.75) is 6.61 Å². The highest BCUT2D eigenvalue weighted by Gasteiger charge is 2.14. The highest BCUT2D eigenvalue weighted by Crippen LogP contribution is 2.18. The Hall–Kier alpha value is -1.50. The number of ether oxygens (including phenoxy) is 1. The third-order valence-electron chi connectivity index (χ3n) is 1.14. The number of carboxylic acids is 1. The summed E-state index contributed by atoms with van der Waals surface area (Å²) in [4.78, 5) is 10.4. The molecule has 0 aliphatic carbocycles. The van der Waals surface area contributed by atoms with E-state index in [-0.39, 0.29) is 5.02 Å². The van der Waals surface area contributed by atoms with E-state index in [4.69, 9.17) is 16.7 Å². The van der Waals surface area contributed by atoms with Crippen molar-refractivity contribution in [3.8, 4) is 5.88 Å². The van der Waals surface area contributed by atoms with E-state index in [1.807, 2.05) is 0 Å². The number of alkyl halides is 2. The van der Waals surface area contributed by atoms with Crippen LogP contribution in [0.2, 0.25) is 5.02 Å². The molecule has 1 N–H and O–H groups in total. The fraction of sp³-hybridized carbons (Fsp3) is 0.167. The van der Waals surface area contributed by atoms with Gasteiger partial charge in [-0.05, 0) is 0 Å². The van der Waals surface area contributed by atoms with Gasteiger partial charge in [-0.1, -0.05) is 11.6 Å². The van der Waals surface area contributed by atoms with Crippen LogP contribution in [-0.4, -0.2) is 27.9 Å². The lowest BCUT2D eigenvalue weighted by atomic mass is 10.4. The third-order valence-corrected chi connectivity index (χ3v) is 1.43. The molecule has 1 rings (SSSR count). The fourth-order valence-electron chi connectivity index (χ4n) is 0.646. The molecule has 0 radical (unpaired) electrons. The molecule has 5 nitrogen and oxygen atoms in total. The van der Waals surface area contributed by atoms with Crippen molar-refractivity contribution in [2.75, 3.05) is 0 Å². The Morgan fingerprint density at radius 3 is 2.64 bits per heavy atom. The number of halogens is 3. The lowest BCUT2D eigenvalue weighted by Gasteiger charge is -2.02. The van der Waals surface area contributed by atoms with Gasteiger partial charge in [0.2, 0.25) is 5.88 Å². The van der Waals surface area contributed by atoms with Gasteiger partial charge in [-0.2, -0.15) is 8.78 Å². The second-order valence-corrected chi connectivity index (χ2v) is 2.47. The standard InChI is InChI=1S/C6H3ClF2N2O3/c7-2-1-3(14-6(8)9)10-11-4(2)5(12)13/h1,6H,(H,12,13). The average Bonchev–Trinajstić information content (AvgIpc) is 2.01. The van der Waals surface area contributed by atoms with Gasteiger partial charge in [0, 0.05) is 6.07 Å².